The van der Waals surface area contributed by atoms with Crippen molar-refractivity contribution in [2.45, 2.75) is 6.10 Å². The fraction of sp³-hybridized carbons (Fsp3) is 0.529. The summed E-state index contributed by atoms with van der Waals surface area (Å²) in [7, 11) is 4.78. The number of morpholine rings is 1. The molecule has 1 heterocycles. The first-order valence-electron chi connectivity index (χ1n) is 7.64. The molecule has 0 amide bonds. The molecule has 6 nitrogen and oxygen atoms in total. The third-order valence-corrected chi connectivity index (χ3v) is 3.79. The summed E-state index contributed by atoms with van der Waals surface area (Å²) in [6.45, 7) is 3.72. The molecule has 1 unspecified atom stereocenters. The summed E-state index contributed by atoms with van der Waals surface area (Å²) in [5, 5.41) is 10.2. The lowest BCUT2D eigenvalue weighted by molar-refractivity contribution is 0.0223. The monoisotopic (exact) mass is 323 g/mol. The second kappa shape index (κ2) is 8.76. The molecule has 23 heavy (non-hydrogen) atoms. The largest absolute Gasteiger partial charge is 0.496 e. The lowest BCUT2D eigenvalue weighted by Gasteiger charge is -2.27. The second-order valence-electron chi connectivity index (χ2n) is 5.29. The van der Waals surface area contributed by atoms with E-state index in [1.807, 2.05) is 6.08 Å². The number of nitrogens with zero attached hydrogens (tertiary/aromatic N) is 1. The van der Waals surface area contributed by atoms with E-state index < -0.39 is 6.10 Å². The molecule has 0 spiro atoms. The topological polar surface area (TPSA) is 60.4 Å². The Balaban J connectivity index is 2.10. The van der Waals surface area contributed by atoms with Gasteiger partial charge in [-0.1, -0.05) is 6.08 Å². The van der Waals surface area contributed by atoms with Gasteiger partial charge in [0.1, 0.15) is 17.2 Å². The normalized spacial score (nSPS) is 17.2. The fourth-order valence-corrected chi connectivity index (χ4v) is 2.51. The Morgan fingerprint density at radius 3 is 2.26 bits per heavy atom. The highest BCUT2D eigenvalue weighted by molar-refractivity contribution is 5.66. The number of methoxy groups -OCH3 is 3. The first kappa shape index (κ1) is 17.6. The Labute approximate surface area is 137 Å². The lowest BCUT2D eigenvalue weighted by atomic mass is 10.1. The van der Waals surface area contributed by atoms with Crippen LogP contribution in [0.25, 0.3) is 6.08 Å². The minimum absolute atomic E-state index is 0.565. The van der Waals surface area contributed by atoms with Gasteiger partial charge in [-0.2, -0.15) is 0 Å². The van der Waals surface area contributed by atoms with E-state index in [0.29, 0.717) is 23.8 Å². The molecule has 1 aliphatic heterocycles. The SMILES string of the molecule is COc1cc(OC)c(/C=C/C(O)CN2CCOCC2)c(OC)c1. The van der Waals surface area contributed by atoms with E-state index in [1.165, 1.54) is 0 Å². The predicted octanol–water partition coefficient (Wildman–Crippen LogP) is 1.42. The molecule has 0 aliphatic carbocycles. The molecule has 2 rings (SSSR count). The number of hydrogen-bond donors (Lipinski definition) is 1. The van der Waals surface area contributed by atoms with Gasteiger partial charge in [-0.05, 0) is 6.08 Å². The van der Waals surface area contributed by atoms with E-state index in [1.54, 1.807) is 39.5 Å². The van der Waals surface area contributed by atoms with Crippen LogP contribution in [0.5, 0.6) is 17.2 Å². The van der Waals surface area contributed by atoms with E-state index in [4.69, 9.17) is 18.9 Å². The Kier molecular flexibility index (Phi) is 6.70. The number of hydrogen-bond acceptors (Lipinski definition) is 6. The Morgan fingerprint density at radius 2 is 1.74 bits per heavy atom. The maximum absolute atomic E-state index is 10.2. The highest BCUT2D eigenvalue weighted by atomic mass is 16.5. The van der Waals surface area contributed by atoms with Gasteiger partial charge in [-0.3, -0.25) is 4.90 Å². The average molecular weight is 323 g/mol. The molecule has 0 bridgehead atoms. The molecule has 1 saturated heterocycles. The lowest BCUT2D eigenvalue weighted by Crippen LogP contribution is -2.40. The highest BCUT2D eigenvalue weighted by Gasteiger charge is 2.14. The van der Waals surface area contributed by atoms with Crippen molar-refractivity contribution in [3.05, 3.63) is 23.8 Å². The Hall–Kier alpha value is -1.76. The Morgan fingerprint density at radius 1 is 1.13 bits per heavy atom. The first-order valence-corrected chi connectivity index (χ1v) is 7.64. The molecule has 1 aliphatic rings. The van der Waals surface area contributed by atoms with Gasteiger partial charge in [0.15, 0.2) is 0 Å². The van der Waals surface area contributed by atoms with E-state index in [9.17, 15) is 5.11 Å². The van der Waals surface area contributed by atoms with Crippen LogP contribution in [0.15, 0.2) is 18.2 Å². The maximum Gasteiger partial charge on any atom is 0.133 e. The van der Waals surface area contributed by atoms with Crippen molar-refractivity contribution in [3.63, 3.8) is 0 Å². The van der Waals surface area contributed by atoms with Gasteiger partial charge >= 0.3 is 0 Å². The van der Waals surface area contributed by atoms with E-state index in [0.717, 1.165) is 31.9 Å². The summed E-state index contributed by atoms with van der Waals surface area (Å²) in [5.74, 6) is 1.93. The summed E-state index contributed by atoms with van der Waals surface area (Å²) < 4.78 is 21.3. The van der Waals surface area contributed by atoms with Crippen LogP contribution < -0.4 is 14.2 Å². The molecule has 1 aromatic rings. The van der Waals surface area contributed by atoms with Crippen molar-refractivity contribution in [1.82, 2.24) is 4.90 Å². The van der Waals surface area contributed by atoms with E-state index >= 15 is 0 Å². The van der Waals surface area contributed by atoms with Crippen LogP contribution in [0.1, 0.15) is 5.56 Å². The number of ether oxygens (including phenoxy) is 4. The van der Waals surface area contributed by atoms with Crippen molar-refractivity contribution in [2.24, 2.45) is 0 Å². The van der Waals surface area contributed by atoms with Crippen molar-refractivity contribution in [1.29, 1.82) is 0 Å². The van der Waals surface area contributed by atoms with Gasteiger partial charge in [0.25, 0.3) is 0 Å². The van der Waals surface area contributed by atoms with Gasteiger partial charge in [0, 0.05) is 31.8 Å². The molecule has 0 aromatic heterocycles. The third kappa shape index (κ3) is 4.86. The van der Waals surface area contributed by atoms with Gasteiger partial charge in [0.05, 0.1) is 46.2 Å². The van der Waals surface area contributed by atoms with Gasteiger partial charge in [0.2, 0.25) is 0 Å². The highest BCUT2D eigenvalue weighted by Crippen LogP contribution is 2.35. The summed E-state index contributed by atoms with van der Waals surface area (Å²) in [6, 6.07) is 3.58. The minimum Gasteiger partial charge on any atom is -0.496 e. The molecule has 1 aromatic carbocycles. The molecule has 128 valence electrons. The zero-order valence-corrected chi connectivity index (χ0v) is 13.9. The van der Waals surface area contributed by atoms with Crippen LogP contribution in [0, 0.1) is 0 Å². The standard InChI is InChI=1S/C17H25NO5/c1-20-14-10-16(21-2)15(17(11-14)22-3)5-4-13(19)12-18-6-8-23-9-7-18/h4-5,10-11,13,19H,6-9,12H2,1-3H3/b5-4+. The van der Waals surface area contributed by atoms with Crippen LogP contribution in [0.3, 0.4) is 0 Å². The predicted molar refractivity (Wildman–Crippen MR) is 88.4 cm³/mol. The van der Waals surface area contributed by atoms with Crippen LogP contribution in [0.4, 0.5) is 0 Å². The summed E-state index contributed by atoms with van der Waals surface area (Å²) >= 11 is 0. The van der Waals surface area contributed by atoms with Crippen molar-refractivity contribution < 1.29 is 24.1 Å². The van der Waals surface area contributed by atoms with Crippen molar-refractivity contribution in [2.75, 3.05) is 54.2 Å². The summed E-state index contributed by atoms with van der Waals surface area (Å²) in [4.78, 5) is 2.18. The van der Waals surface area contributed by atoms with Crippen LogP contribution in [0.2, 0.25) is 0 Å². The number of aliphatic hydroxyl groups is 1. The van der Waals surface area contributed by atoms with Crippen molar-refractivity contribution >= 4 is 6.08 Å². The number of rotatable bonds is 7. The van der Waals surface area contributed by atoms with Crippen LogP contribution in [-0.4, -0.2) is 70.3 Å². The molecular weight excluding hydrogens is 298 g/mol. The molecule has 0 saturated carbocycles. The quantitative estimate of drug-likeness (QED) is 0.819. The first-order chi connectivity index (χ1) is 11.2. The van der Waals surface area contributed by atoms with Gasteiger partial charge in [-0.25, -0.2) is 0 Å². The van der Waals surface area contributed by atoms with Gasteiger partial charge in [-0.15, -0.1) is 0 Å². The van der Waals surface area contributed by atoms with E-state index in [2.05, 4.69) is 4.90 Å². The molecule has 1 fully saturated rings. The molecule has 1 atom stereocenters. The van der Waals surface area contributed by atoms with Gasteiger partial charge < -0.3 is 24.1 Å². The molecule has 6 heteroatoms. The summed E-state index contributed by atoms with van der Waals surface area (Å²) in [6.07, 6.45) is 3.01. The zero-order valence-electron chi connectivity index (χ0n) is 13.9. The Bertz CT molecular complexity index is 501. The molecular formula is C17H25NO5. The fourth-order valence-electron chi connectivity index (χ4n) is 2.51. The minimum atomic E-state index is -0.565. The maximum atomic E-state index is 10.2. The number of aliphatic hydroxyl groups excluding tert-OH is 1. The average Bonchev–Trinajstić information content (AvgIpc) is 2.59. The van der Waals surface area contributed by atoms with E-state index in [-0.39, 0.29) is 0 Å². The zero-order chi connectivity index (χ0) is 16.7. The number of β-amino-alcohol motifs (C(OH)–C–C–N with tert-alkyl or cyclic N) is 1. The smallest absolute Gasteiger partial charge is 0.133 e. The van der Waals surface area contributed by atoms with Crippen LogP contribution >= 0.6 is 0 Å². The number of benzene rings is 1. The molecule has 1 N–H and O–H groups in total. The third-order valence-electron chi connectivity index (χ3n) is 3.79. The van der Waals surface area contributed by atoms with Crippen LogP contribution in [-0.2, 0) is 4.74 Å². The second-order valence-corrected chi connectivity index (χ2v) is 5.29. The molecule has 0 radical (unpaired) electrons. The summed E-state index contributed by atoms with van der Waals surface area (Å²) in [5.41, 5.74) is 0.775. The van der Waals surface area contributed by atoms with Crippen molar-refractivity contribution in [3.8, 4) is 17.2 Å².